The Kier molecular flexibility index (Phi) is 5.18. The maximum atomic E-state index is 12.4. The van der Waals surface area contributed by atoms with Crippen LogP contribution in [-0.2, 0) is 4.74 Å². The van der Waals surface area contributed by atoms with Crippen LogP contribution in [0.3, 0.4) is 0 Å². The number of hydrogen-bond acceptors (Lipinski definition) is 5. The Balaban J connectivity index is 1.63. The molecule has 0 amide bonds. The molecule has 0 spiro atoms. The first kappa shape index (κ1) is 19.9. The Bertz CT molecular complexity index is 1190. The van der Waals surface area contributed by atoms with Crippen molar-refractivity contribution in [1.29, 1.82) is 0 Å². The molecule has 0 aliphatic heterocycles. The molecule has 0 aliphatic carbocycles. The summed E-state index contributed by atoms with van der Waals surface area (Å²) in [5, 5.41) is 16.2. The van der Waals surface area contributed by atoms with Crippen LogP contribution in [0.2, 0.25) is 0 Å². The van der Waals surface area contributed by atoms with Crippen molar-refractivity contribution in [1.82, 2.24) is 0 Å². The molecule has 152 valence electrons. The van der Waals surface area contributed by atoms with Crippen molar-refractivity contribution in [3.05, 3.63) is 83.1 Å². The SMILES string of the molecule is CC(C)(C)OC(=O)c1cc2c(Nc3ccc(-c4ccccc4)cc3)c[n+]([O-])cc2s1. The van der Waals surface area contributed by atoms with Crippen LogP contribution in [0.25, 0.3) is 21.2 Å². The van der Waals surface area contributed by atoms with Gasteiger partial charge in [0, 0.05) is 11.1 Å². The summed E-state index contributed by atoms with van der Waals surface area (Å²) in [7, 11) is 0. The van der Waals surface area contributed by atoms with E-state index in [0.29, 0.717) is 10.6 Å². The van der Waals surface area contributed by atoms with Gasteiger partial charge in [0.1, 0.15) is 20.9 Å². The lowest BCUT2D eigenvalue weighted by atomic mass is 10.1. The Morgan fingerprint density at radius 3 is 2.33 bits per heavy atom. The fourth-order valence-corrected chi connectivity index (χ4v) is 4.10. The highest BCUT2D eigenvalue weighted by Crippen LogP contribution is 2.33. The van der Waals surface area contributed by atoms with Crippen LogP contribution >= 0.6 is 11.3 Å². The minimum Gasteiger partial charge on any atom is -0.619 e. The number of ether oxygens (including phenoxy) is 1. The van der Waals surface area contributed by atoms with E-state index in [9.17, 15) is 10.0 Å². The highest BCUT2D eigenvalue weighted by Gasteiger charge is 2.21. The summed E-state index contributed by atoms with van der Waals surface area (Å²) in [5.41, 5.74) is 3.17. The van der Waals surface area contributed by atoms with Crippen molar-refractivity contribution in [2.45, 2.75) is 26.4 Å². The van der Waals surface area contributed by atoms with Gasteiger partial charge < -0.3 is 15.3 Å². The number of carbonyl (C=O) groups excluding carboxylic acids is 1. The minimum atomic E-state index is -0.576. The molecule has 0 aliphatic rings. The summed E-state index contributed by atoms with van der Waals surface area (Å²) in [4.78, 5) is 12.9. The van der Waals surface area contributed by atoms with Crippen LogP contribution in [0.1, 0.15) is 30.4 Å². The van der Waals surface area contributed by atoms with Crippen LogP contribution in [0.5, 0.6) is 0 Å². The van der Waals surface area contributed by atoms with E-state index in [1.165, 1.54) is 23.7 Å². The van der Waals surface area contributed by atoms with Gasteiger partial charge in [-0.2, -0.15) is 4.73 Å². The lowest BCUT2D eigenvalue weighted by molar-refractivity contribution is -0.603. The number of aromatic nitrogens is 1. The Morgan fingerprint density at radius 1 is 1.00 bits per heavy atom. The van der Waals surface area contributed by atoms with Crippen molar-refractivity contribution in [2.75, 3.05) is 5.32 Å². The van der Waals surface area contributed by atoms with Gasteiger partial charge in [0.15, 0.2) is 6.20 Å². The Morgan fingerprint density at radius 2 is 1.67 bits per heavy atom. The predicted molar refractivity (Wildman–Crippen MR) is 121 cm³/mol. The summed E-state index contributed by atoms with van der Waals surface area (Å²) in [6.45, 7) is 5.49. The molecule has 0 atom stereocenters. The van der Waals surface area contributed by atoms with Crippen LogP contribution in [-0.4, -0.2) is 11.6 Å². The van der Waals surface area contributed by atoms with Gasteiger partial charge >= 0.3 is 5.97 Å². The second-order valence-electron chi connectivity index (χ2n) is 7.99. The number of nitrogens with zero attached hydrogens (tertiary/aromatic N) is 1. The van der Waals surface area contributed by atoms with Crippen molar-refractivity contribution in [3.63, 3.8) is 0 Å². The van der Waals surface area contributed by atoms with Gasteiger partial charge in [-0.05, 0) is 50.1 Å². The first-order chi connectivity index (χ1) is 14.3. The first-order valence-corrected chi connectivity index (χ1v) is 10.4. The summed E-state index contributed by atoms with van der Waals surface area (Å²) >= 11 is 1.25. The third kappa shape index (κ3) is 4.44. The minimum absolute atomic E-state index is 0.390. The van der Waals surface area contributed by atoms with E-state index < -0.39 is 5.60 Å². The molecule has 0 radical (unpaired) electrons. The van der Waals surface area contributed by atoms with Crippen molar-refractivity contribution in [2.24, 2.45) is 0 Å². The average molecular weight is 419 g/mol. The van der Waals surface area contributed by atoms with Crippen LogP contribution in [0, 0.1) is 5.21 Å². The van der Waals surface area contributed by atoms with Gasteiger partial charge in [-0.15, -0.1) is 11.3 Å². The smallest absolute Gasteiger partial charge is 0.348 e. The number of anilines is 2. The summed E-state index contributed by atoms with van der Waals surface area (Å²) in [6.07, 6.45) is 2.94. The molecular formula is C24H22N2O3S. The van der Waals surface area contributed by atoms with E-state index in [1.54, 1.807) is 6.07 Å². The van der Waals surface area contributed by atoms with Crippen LogP contribution in [0.15, 0.2) is 73.1 Å². The van der Waals surface area contributed by atoms with Crippen molar-refractivity contribution < 1.29 is 14.3 Å². The van der Waals surface area contributed by atoms with Gasteiger partial charge in [0.05, 0.1) is 0 Å². The predicted octanol–water partition coefficient (Wildman–Crippen LogP) is 5.90. The maximum absolute atomic E-state index is 12.4. The van der Waals surface area contributed by atoms with E-state index in [-0.39, 0.29) is 5.97 Å². The molecule has 5 nitrogen and oxygen atoms in total. The Labute approximate surface area is 179 Å². The molecule has 0 bridgehead atoms. The standard InChI is InChI=1S/C24H22N2O3S/c1-24(2,3)29-23(27)21-13-19-20(14-26(28)15-22(19)30-21)25-18-11-9-17(10-12-18)16-7-5-4-6-8-16/h4-15,25H,1-3H3. The molecule has 6 heteroatoms. The largest absolute Gasteiger partial charge is 0.619 e. The molecule has 0 fully saturated rings. The number of hydrogen-bond donors (Lipinski definition) is 1. The number of esters is 1. The van der Waals surface area contributed by atoms with Gasteiger partial charge in [-0.1, -0.05) is 42.5 Å². The lowest BCUT2D eigenvalue weighted by Gasteiger charge is -2.18. The lowest BCUT2D eigenvalue weighted by Crippen LogP contribution is -2.24. The average Bonchev–Trinajstić information content (AvgIpc) is 3.12. The topological polar surface area (TPSA) is 65.3 Å². The second-order valence-corrected chi connectivity index (χ2v) is 9.07. The van der Waals surface area contributed by atoms with Gasteiger partial charge in [-0.3, -0.25) is 0 Å². The van der Waals surface area contributed by atoms with E-state index in [2.05, 4.69) is 17.4 Å². The van der Waals surface area contributed by atoms with Crippen LogP contribution < -0.4 is 10.0 Å². The van der Waals surface area contributed by atoms with Gasteiger partial charge in [0.25, 0.3) is 0 Å². The van der Waals surface area contributed by atoms with E-state index in [4.69, 9.17) is 4.74 Å². The zero-order valence-electron chi connectivity index (χ0n) is 17.0. The van der Waals surface area contributed by atoms with Gasteiger partial charge in [-0.25, -0.2) is 4.79 Å². The zero-order valence-corrected chi connectivity index (χ0v) is 17.8. The summed E-state index contributed by atoms with van der Waals surface area (Å²) < 4.78 is 6.93. The number of carbonyl (C=O) groups is 1. The highest BCUT2D eigenvalue weighted by molar-refractivity contribution is 7.20. The molecule has 4 aromatic rings. The number of thiophene rings is 1. The number of benzene rings is 2. The normalized spacial score (nSPS) is 11.4. The van der Waals surface area contributed by atoms with E-state index in [0.717, 1.165) is 31.6 Å². The molecule has 2 heterocycles. The second kappa shape index (κ2) is 7.80. The molecule has 30 heavy (non-hydrogen) atoms. The third-order valence-corrected chi connectivity index (χ3v) is 5.47. The molecule has 2 aromatic carbocycles. The number of rotatable bonds is 4. The zero-order chi connectivity index (χ0) is 21.3. The fraction of sp³-hybridized carbons (Fsp3) is 0.167. The summed E-state index contributed by atoms with van der Waals surface area (Å²) in [5.74, 6) is -0.390. The monoisotopic (exact) mass is 418 g/mol. The quantitative estimate of drug-likeness (QED) is 0.255. The van der Waals surface area contributed by atoms with Crippen LogP contribution in [0.4, 0.5) is 11.4 Å². The van der Waals surface area contributed by atoms with Crippen molar-refractivity contribution >= 4 is 38.8 Å². The first-order valence-electron chi connectivity index (χ1n) is 9.61. The molecule has 2 aromatic heterocycles. The molecule has 0 saturated heterocycles. The molecule has 1 N–H and O–H groups in total. The molecule has 0 saturated carbocycles. The van der Waals surface area contributed by atoms with E-state index in [1.807, 2.05) is 63.2 Å². The summed E-state index contributed by atoms with van der Waals surface area (Å²) in [6, 6.07) is 19.9. The number of pyridine rings is 1. The fourth-order valence-electron chi connectivity index (χ4n) is 3.12. The highest BCUT2D eigenvalue weighted by atomic mass is 32.1. The third-order valence-electron chi connectivity index (χ3n) is 4.42. The number of fused-ring (bicyclic) bond motifs is 1. The number of nitrogens with one attached hydrogen (secondary N) is 1. The molecule has 4 rings (SSSR count). The van der Waals surface area contributed by atoms with Crippen molar-refractivity contribution in [3.8, 4) is 11.1 Å². The van der Waals surface area contributed by atoms with E-state index >= 15 is 0 Å². The molecular weight excluding hydrogens is 396 g/mol. The van der Waals surface area contributed by atoms with Gasteiger partial charge in [0.2, 0.25) is 6.20 Å². The Hall–Kier alpha value is -3.38. The maximum Gasteiger partial charge on any atom is 0.348 e. The molecule has 0 unspecified atom stereocenters.